The van der Waals surface area contributed by atoms with Gasteiger partial charge < -0.3 is 11.1 Å². The van der Waals surface area contributed by atoms with Crippen LogP contribution < -0.4 is 11.1 Å². The summed E-state index contributed by atoms with van der Waals surface area (Å²) in [7, 11) is 0. The van der Waals surface area contributed by atoms with E-state index < -0.39 is 4.92 Å². The molecular weight excluding hydrogens is 326 g/mol. The third kappa shape index (κ3) is 3.12. The molecule has 0 aromatic heterocycles. The molecule has 1 amide bonds. The topological polar surface area (TPSA) is 98.3 Å². The molecule has 0 aliphatic carbocycles. The van der Waals surface area contributed by atoms with Crippen LogP contribution in [-0.4, -0.2) is 10.8 Å². The number of nitrogens with zero attached hydrogens (tertiary/aromatic N) is 1. The number of nitrogen functional groups attached to an aromatic ring is 1. The monoisotopic (exact) mass is 335 g/mol. The summed E-state index contributed by atoms with van der Waals surface area (Å²) in [4.78, 5) is 22.2. The lowest BCUT2D eigenvalue weighted by atomic mass is 10.2. The third-order valence-electron chi connectivity index (χ3n) is 2.58. The van der Waals surface area contributed by atoms with E-state index in [2.05, 4.69) is 21.2 Å². The molecule has 0 heterocycles. The quantitative estimate of drug-likeness (QED) is 0.511. The summed E-state index contributed by atoms with van der Waals surface area (Å²) in [5, 5.41) is 13.3. The Bertz CT molecular complexity index is 671. The maximum absolute atomic E-state index is 12.0. The molecule has 20 heavy (non-hydrogen) atoms. The number of halogens is 1. The molecule has 0 aliphatic heterocycles. The van der Waals surface area contributed by atoms with E-state index in [-0.39, 0.29) is 11.6 Å². The van der Waals surface area contributed by atoms with Gasteiger partial charge in [0.2, 0.25) is 0 Å². The highest BCUT2D eigenvalue weighted by molar-refractivity contribution is 9.10. The summed E-state index contributed by atoms with van der Waals surface area (Å²) in [5.74, 6) is -0.369. The number of amides is 1. The Morgan fingerprint density at radius 3 is 2.45 bits per heavy atom. The standard InChI is InChI=1S/C13H10BrN3O3/c14-11-6-5-10(17(19)20)7-12(11)16-13(18)8-1-3-9(15)4-2-8/h1-7H,15H2,(H,16,18). The summed E-state index contributed by atoms with van der Waals surface area (Å²) in [6.45, 7) is 0. The SMILES string of the molecule is Nc1ccc(C(=O)Nc2cc([N+](=O)[O-])ccc2Br)cc1. The number of hydrogen-bond donors (Lipinski definition) is 2. The van der Waals surface area contributed by atoms with E-state index in [1.165, 1.54) is 18.2 Å². The Hall–Kier alpha value is -2.41. The van der Waals surface area contributed by atoms with Crippen molar-refractivity contribution in [2.75, 3.05) is 11.1 Å². The van der Waals surface area contributed by atoms with E-state index in [1.807, 2.05) is 0 Å². The minimum Gasteiger partial charge on any atom is -0.399 e. The van der Waals surface area contributed by atoms with Crippen molar-refractivity contribution in [1.82, 2.24) is 0 Å². The highest BCUT2D eigenvalue weighted by Gasteiger charge is 2.12. The summed E-state index contributed by atoms with van der Waals surface area (Å²) in [6.07, 6.45) is 0. The Morgan fingerprint density at radius 1 is 1.20 bits per heavy atom. The van der Waals surface area contributed by atoms with Gasteiger partial charge in [-0.3, -0.25) is 14.9 Å². The van der Waals surface area contributed by atoms with Crippen molar-refractivity contribution in [3.8, 4) is 0 Å². The maximum Gasteiger partial charge on any atom is 0.271 e. The first-order valence-corrected chi connectivity index (χ1v) is 6.37. The zero-order chi connectivity index (χ0) is 14.7. The van der Waals surface area contributed by atoms with Gasteiger partial charge >= 0.3 is 0 Å². The fourth-order valence-corrected chi connectivity index (χ4v) is 1.90. The molecule has 0 saturated carbocycles. The average molecular weight is 336 g/mol. The van der Waals surface area contributed by atoms with Crippen molar-refractivity contribution >= 4 is 38.9 Å². The van der Waals surface area contributed by atoms with E-state index >= 15 is 0 Å². The number of non-ortho nitro benzene ring substituents is 1. The predicted molar refractivity (Wildman–Crippen MR) is 79.6 cm³/mol. The van der Waals surface area contributed by atoms with Gasteiger partial charge in [-0.25, -0.2) is 0 Å². The minimum atomic E-state index is -0.523. The predicted octanol–water partition coefficient (Wildman–Crippen LogP) is 3.19. The molecule has 0 radical (unpaired) electrons. The van der Waals surface area contributed by atoms with Gasteiger partial charge in [0.05, 0.1) is 10.6 Å². The number of nitrogens with one attached hydrogen (secondary N) is 1. The number of nitro benzene ring substituents is 1. The van der Waals surface area contributed by atoms with Crippen molar-refractivity contribution in [2.45, 2.75) is 0 Å². The first kappa shape index (κ1) is 14.0. The Morgan fingerprint density at radius 2 is 1.85 bits per heavy atom. The van der Waals surface area contributed by atoms with Crippen LogP contribution in [0.3, 0.4) is 0 Å². The molecule has 7 heteroatoms. The molecule has 0 spiro atoms. The Labute approximate surface area is 122 Å². The van der Waals surface area contributed by atoms with Crippen LogP contribution in [-0.2, 0) is 0 Å². The van der Waals surface area contributed by atoms with Crippen LogP contribution in [0.15, 0.2) is 46.9 Å². The summed E-state index contributed by atoms with van der Waals surface area (Å²) >= 11 is 3.23. The van der Waals surface area contributed by atoms with Crippen molar-refractivity contribution in [2.24, 2.45) is 0 Å². The molecule has 0 aliphatic rings. The molecule has 0 bridgehead atoms. The number of anilines is 2. The zero-order valence-corrected chi connectivity index (χ0v) is 11.8. The Balaban J connectivity index is 2.25. The lowest BCUT2D eigenvalue weighted by Crippen LogP contribution is -2.12. The zero-order valence-electron chi connectivity index (χ0n) is 10.2. The van der Waals surface area contributed by atoms with Gasteiger partial charge in [-0.1, -0.05) is 0 Å². The third-order valence-corrected chi connectivity index (χ3v) is 3.27. The summed E-state index contributed by atoms with van der Waals surface area (Å²) in [5.41, 5.74) is 6.75. The van der Waals surface area contributed by atoms with E-state index in [1.54, 1.807) is 24.3 Å². The minimum absolute atomic E-state index is 0.0965. The van der Waals surface area contributed by atoms with Crippen molar-refractivity contribution in [1.29, 1.82) is 0 Å². The average Bonchev–Trinajstić information content (AvgIpc) is 2.41. The van der Waals surface area contributed by atoms with Crippen LogP contribution in [0.2, 0.25) is 0 Å². The second-order valence-corrected chi connectivity index (χ2v) is 4.85. The van der Waals surface area contributed by atoms with Gasteiger partial charge in [0, 0.05) is 27.9 Å². The normalized spacial score (nSPS) is 10.1. The molecule has 6 nitrogen and oxygen atoms in total. The van der Waals surface area contributed by atoms with Gasteiger partial charge in [-0.05, 0) is 46.3 Å². The molecule has 0 unspecified atom stereocenters. The van der Waals surface area contributed by atoms with Crippen molar-refractivity contribution in [3.63, 3.8) is 0 Å². The molecule has 3 N–H and O–H groups in total. The van der Waals surface area contributed by atoms with Crippen molar-refractivity contribution in [3.05, 3.63) is 62.6 Å². The molecule has 2 aromatic rings. The van der Waals surface area contributed by atoms with Gasteiger partial charge in [0.1, 0.15) is 0 Å². The second kappa shape index (κ2) is 5.70. The maximum atomic E-state index is 12.0. The fraction of sp³-hybridized carbons (Fsp3) is 0. The van der Waals surface area contributed by atoms with E-state index in [0.717, 1.165) is 0 Å². The lowest BCUT2D eigenvalue weighted by molar-refractivity contribution is -0.384. The molecular formula is C13H10BrN3O3. The van der Waals surface area contributed by atoms with Crippen LogP contribution in [0, 0.1) is 10.1 Å². The second-order valence-electron chi connectivity index (χ2n) is 4.00. The molecule has 0 fully saturated rings. The van der Waals surface area contributed by atoms with Gasteiger partial charge in [-0.15, -0.1) is 0 Å². The highest BCUT2D eigenvalue weighted by Crippen LogP contribution is 2.27. The van der Waals surface area contributed by atoms with Gasteiger partial charge in [0.25, 0.3) is 11.6 Å². The van der Waals surface area contributed by atoms with Crippen LogP contribution >= 0.6 is 15.9 Å². The molecule has 102 valence electrons. The highest BCUT2D eigenvalue weighted by atomic mass is 79.9. The number of carbonyl (C=O) groups excluding carboxylic acids is 1. The van der Waals surface area contributed by atoms with Crippen LogP contribution in [0.1, 0.15) is 10.4 Å². The first-order valence-electron chi connectivity index (χ1n) is 5.58. The van der Waals surface area contributed by atoms with Gasteiger partial charge in [0.15, 0.2) is 0 Å². The number of carbonyl (C=O) groups is 1. The van der Waals surface area contributed by atoms with E-state index in [0.29, 0.717) is 21.4 Å². The number of hydrogen-bond acceptors (Lipinski definition) is 4. The number of benzene rings is 2. The lowest BCUT2D eigenvalue weighted by Gasteiger charge is -2.07. The molecule has 2 aromatic carbocycles. The Kier molecular flexibility index (Phi) is 3.99. The van der Waals surface area contributed by atoms with Crippen molar-refractivity contribution < 1.29 is 9.72 Å². The number of nitro groups is 1. The van der Waals surface area contributed by atoms with Gasteiger partial charge in [-0.2, -0.15) is 0 Å². The van der Waals surface area contributed by atoms with Crippen LogP contribution in [0.5, 0.6) is 0 Å². The number of rotatable bonds is 3. The fourth-order valence-electron chi connectivity index (χ4n) is 1.55. The first-order chi connectivity index (χ1) is 9.47. The number of nitrogens with two attached hydrogens (primary N) is 1. The van der Waals surface area contributed by atoms with Crippen LogP contribution in [0.25, 0.3) is 0 Å². The molecule has 0 saturated heterocycles. The summed E-state index contributed by atoms with van der Waals surface area (Å²) < 4.78 is 0.562. The smallest absolute Gasteiger partial charge is 0.271 e. The largest absolute Gasteiger partial charge is 0.399 e. The summed E-state index contributed by atoms with van der Waals surface area (Å²) in [6, 6.07) is 10.5. The van der Waals surface area contributed by atoms with E-state index in [9.17, 15) is 14.9 Å². The van der Waals surface area contributed by atoms with E-state index in [4.69, 9.17) is 5.73 Å². The van der Waals surface area contributed by atoms with Crippen LogP contribution in [0.4, 0.5) is 17.1 Å². The molecule has 0 atom stereocenters. The molecule has 2 rings (SSSR count).